The maximum Gasteiger partial charge on any atom is 0.259 e. The lowest BCUT2D eigenvalue weighted by molar-refractivity contribution is 0.472. The van der Waals surface area contributed by atoms with Gasteiger partial charge >= 0.3 is 0 Å². The van der Waals surface area contributed by atoms with Crippen molar-refractivity contribution in [3.05, 3.63) is 51.2 Å². The third-order valence-corrected chi connectivity index (χ3v) is 2.68. The van der Waals surface area contributed by atoms with E-state index in [0.29, 0.717) is 22.1 Å². The van der Waals surface area contributed by atoms with Crippen LogP contribution in [0.25, 0.3) is 5.69 Å². The van der Waals surface area contributed by atoms with Gasteiger partial charge in [0.1, 0.15) is 5.75 Å². The van der Waals surface area contributed by atoms with E-state index in [1.54, 1.807) is 19.9 Å². The highest BCUT2D eigenvalue weighted by Gasteiger charge is 2.09. The summed E-state index contributed by atoms with van der Waals surface area (Å²) in [7, 11) is 0. The van der Waals surface area contributed by atoms with Crippen LogP contribution in [-0.2, 0) is 0 Å². The molecular weight excluding hydrogens is 240 g/mol. The highest BCUT2D eigenvalue weighted by Crippen LogP contribution is 2.18. The van der Waals surface area contributed by atoms with Gasteiger partial charge in [-0.1, -0.05) is 11.6 Å². The first-order valence-corrected chi connectivity index (χ1v) is 5.42. The fourth-order valence-corrected chi connectivity index (χ4v) is 1.87. The molecule has 0 radical (unpaired) electrons. The molecule has 0 bridgehead atoms. The average Bonchev–Trinajstić information content (AvgIpc) is 2.21. The Morgan fingerprint density at radius 3 is 2.65 bits per heavy atom. The number of hydrogen-bond donors (Lipinski definition) is 1. The van der Waals surface area contributed by atoms with E-state index in [0.717, 1.165) is 6.07 Å². The van der Waals surface area contributed by atoms with Crippen molar-refractivity contribution in [1.82, 2.24) is 9.55 Å². The molecule has 0 aliphatic rings. The molecule has 2 heterocycles. The predicted octanol–water partition coefficient (Wildman–Crippen LogP) is 2.21. The number of rotatable bonds is 1. The van der Waals surface area contributed by atoms with Crippen molar-refractivity contribution in [1.29, 1.82) is 0 Å². The first-order chi connectivity index (χ1) is 7.99. The molecule has 17 heavy (non-hydrogen) atoms. The minimum absolute atomic E-state index is 0.0450. The highest BCUT2D eigenvalue weighted by molar-refractivity contribution is 6.30. The maximum absolute atomic E-state index is 11.9. The number of halogens is 1. The van der Waals surface area contributed by atoms with Crippen LogP contribution in [0.3, 0.4) is 0 Å². The normalized spacial score (nSPS) is 10.5. The van der Waals surface area contributed by atoms with Crippen LogP contribution in [0.5, 0.6) is 5.75 Å². The van der Waals surface area contributed by atoms with Gasteiger partial charge in [0.2, 0.25) is 0 Å². The monoisotopic (exact) mass is 250 g/mol. The van der Waals surface area contributed by atoms with Gasteiger partial charge in [0.25, 0.3) is 5.56 Å². The van der Waals surface area contributed by atoms with Gasteiger partial charge in [-0.05, 0) is 26.0 Å². The minimum Gasteiger partial charge on any atom is -0.508 e. The average molecular weight is 251 g/mol. The zero-order valence-electron chi connectivity index (χ0n) is 9.44. The van der Waals surface area contributed by atoms with Gasteiger partial charge in [0.15, 0.2) is 0 Å². The topological polar surface area (TPSA) is 55.1 Å². The SMILES string of the molecule is Cc1ncc(Cl)cc1-n1c(C)cc(O)cc1=O. The standard InChI is InChI=1S/C12H11ClN2O2/c1-7-3-10(16)5-12(17)15(7)11-4-9(13)6-14-8(11)2/h3-6,16H,1-2H3. The molecule has 0 aromatic carbocycles. The Morgan fingerprint density at radius 2 is 2.00 bits per heavy atom. The molecule has 5 heteroatoms. The smallest absolute Gasteiger partial charge is 0.259 e. The Kier molecular flexibility index (Phi) is 2.90. The third kappa shape index (κ3) is 2.17. The molecule has 1 N–H and O–H groups in total. The minimum atomic E-state index is -0.310. The Morgan fingerprint density at radius 1 is 1.29 bits per heavy atom. The van der Waals surface area contributed by atoms with Gasteiger partial charge in [0, 0.05) is 18.0 Å². The molecule has 2 rings (SSSR count). The number of aromatic hydroxyl groups is 1. The number of nitrogens with zero attached hydrogens (tertiary/aromatic N) is 2. The van der Waals surface area contributed by atoms with Gasteiger partial charge in [0.05, 0.1) is 16.4 Å². The molecule has 2 aromatic rings. The highest BCUT2D eigenvalue weighted by atomic mass is 35.5. The molecule has 0 saturated carbocycles. The molecular formula is C12H11ClN2O2. The van der Waals surface area contributed by atoms with Gasteiger partial charge in [-0.2, -0.15) is 0 Å². The second-order valence-electron chi connectivity index (χ2n) is 3.79. The van der Waals surface area contributed by atoms with Crippen molar-refractivity contribution in [2.75, 3.05) is 0 Å². The first-order valence-electron chi connectivity index (χ1n) is 5.04. The van der Waals surface area contributed by atoms with Crippen molar-refractivity contribution >= 4 is 11.6 Å². The number of aromatic nitrogens is 2. The van der Waals surface area contributed by atoms with Gasteiger partial charge in [-0.25, -0.2) is 0 Å². The summed E-state index contributed by atoms with van der Waals surface area (Å²) in [6.45, 7) is 3.53. The summed E-state index contributed by atoms with van der Waals surface area (Å²) in [5.41, 5.74) is 1.64. The molecule has 2 aromatic heterocycles. The predicted molar refractivity (Wildman–Crippen MR) is 66.0 cm³/mol. The van der Waals surface area contributed by atoms with Gasteiger partial charge in [-0.15, -0.1) is 0 Å². The maximum atomic E-state index is 11.9. The lowest BCUT2D eigenvalue weighted by Gasteiger charge is -2.12. The van der Waals surface area contributed by atoms with E-state index in [4.69, 9.17) is 11.6 Å². The summed E-state index contributed by atoms with van der Waals surface area (Å²) in [6.07, 6.45) is 1.53. The third-order valence-electron chi connectivity index (χ3n) is 2.47. The molecule has 0 atom stereocenters. The van der Waals surface area contributed by atoms with Crippen molar-refractivity contribution < 1.29 is 5.11 Å². The van der Waals surface area contributed by atoms with Crippen LogP contribution in [0.1, 0.15) is 11.4 Å². The van der Waals surface area contributed by atoms with E-state index >= 15 is 0 Å². The molecule has 0 fully saturated rings. The summed E-state index contributed by atoms with van der Waals surface area (Å²) >= 11 is 5.88. The number of hydrogen-bond acceptors (Lipinski definition) is 3. The first kappa shape index (κ1) is 11.7. The van der Waals surface area contributed by atoms with Crippen LogP contribution < -0.4 is 5.56 Å². The van der Waals surface area contributed by atoms with Crippen molar-refractivity contribution in [3.63, 3.8) is 0 Å². The Bertz CT molecular complexity index is 635. The quantitative estimate of drug-likeness (QED) is 0.844. The van der Waals surface area contributed by atoms with Crippen molar-refractivity contribution in [2.45, 2.75) is 13.8 Å². The zero-order valence-corrected chi connectivity index (χ0v) is 10.2. The van der Waals surface area contributed by atoms with Crippen LogP contribution in [0, 0.1) is 13.8 Å². The molecule has 0 amide bonds. The molecule has 0 aliphatic heterocycles. The number of aryl methyl sites for hydroxylation is 2. The van der Waals surface area contributed by atoms with Crippen LogP contribution in [0.2, 0.25) is 5.02 Å². The fraction of sp³-hybridized carbons (Fsp3) is 0.167. The van der Waals surface area contributed by atoms with Crippen LogP contribution in [0.4, 0.5) is 0 Å². The summed E-state index contributed by atoms with van der Waals surface area (Å²) in [4.78, 5) is 16.0. The van der Waals surface area contributed by atoms with E-state index in [-0.39, 0.29) is 11.3 Å². The van der Waals surface area contributed by atoms with E-state index in [1.807, 2.05) is 0 Å². The lowest BCUT2D eigenvalue weighted by atomic mass is 10.2. The lowest BCUT2D eigenvalue weighted by Crippen LogP contribution is -2.20. The zero-order chi connectivity index (χ0) is 12.6. The van der Waals surface area contributed by atoms with E-state index < -0.39 is 0 Å². The summed E-state index contributed by atoms with van der Waals surface area (Å²) in [6, 6.07) is 4.35. The van der Waals surface area contributed by atoms with Crippen molar-refractivity contribution in [3.8, 4) is 11.4 Å². The Labute approximate surface area is 103 Å². The van der Waals surface area contributed by atoms with Crippen LogP contribution in [-0.4, -0.2) is 14.7 Å². The number of pyridine rings is 2. The van der Waals surface area contributed by atoms with Crippen LogP contribution in [0.15, 0.2) is 29.2 Å². The second-order valence-corrected chi connectivity index (χ2v) is 4.22. The molecule has 88 valence electrons. The van der Waals surface area contributed by atoms with Gasteiger partial charge < -0.3 is 5.11 Å². The molecule has 0 aliphatic carbocycles. The summed E-state index contributed by atoms with van der Waals surface area (Å²) in [5, 5.41) is 9.80. The van der Waals surface area contributed by atoms with Gasteiger partial charge in [-0.3, -0.25) is 14.3 Å². The molecule has 0 unspecified atom stereocenters. The van der Waals surface area contributed by atoms with E-state index in [9.17, 15) is 9.90 Å². The fourth-order valence-electron chi connectivity index (χ4n) is 1.72. The summed E-state index contributed by atoms with van der Waals surface area (Å²) < 4.78 is 1.47. The van der Waals surface area contributed by atoms with Crippen molar-refractivity contribution in [2.24, 2.45) is 0 Å². The largest absolute Gasteiger partial charge is 0.508 e. The Balaban J connectivity index is 2.77. The second kappa shape index (κ2) is 4.22. The van der Waals surface area contributed by atoms with E-state index in [1.165, 1.54) is 16.8 Å². The molecule has 4 nitrogen and oxygen atoms in total. The summed E-state index contributed by atoms with van der Waals surface area (Å²) in [5.74, 6) is -0.0450. The van der Waals surface area contributed by atoms with Crippen LogP contribution >= 0.6 is 11.6 Å². The van der Waals surface area contributed by atoms with E-state index in [2.05, 4.69) is 4.98 Å². The Hall–Kier alpha value is -1.81. The molecule has 0 saturated heterocycles. The molecule has 0 spiro atoms.